The molecule has 1 aliphatic rings. The van der Waals surface area contributed by atoms with E-state index in [1.807, 2.05) is 18.2 Å². The second kappa shape index (κ2) is 2.31. The van der Waals surface area contributed by atoms with Crippen LogP contribution in [0.15, 0.2) is 36.5 Å². The highest BCUT2D eigenvalue weighted by molar-refractivity contribution is 9.09. The smallest absolute Gasteiger partial charge is 0.0578 e. The van der Waals surface area contributed by atoms with Crippen molar-refractivity contribution in [1.29, 1.82) is 0 Å². The van der Waals surface area contributed by atoms with Gasteiger partial charge in [0.2, 0.25) is 0 Å². The zero-order valence-electron chi connectivity index (χ0n) is 4.47. The van der Waals surface area contributed by atoms with E-state index in [0.717, 1.165) is 0 Å². The van der Waals surface area contributed by atoms with Crippen LogP contribution in [0.4, 0.5) is 0 Å². The molecule has 0 heterocycles. The lowest BCUT2D eigenvalue weighted by atomic mass is 10.2. The fraction of sp³-hybridized carbons (Fsp3) is 0.143. The van der Waals surface area contributed by atoms with Crippen LogP contribution in [-0.4, -0.2) is 4.83 Å². The summed E-state index contributed by atoms with van der Waals surface area (Å²) in [6.07, 6.45) is 8.01. The minimum absolute atomic E-state index is 0.403. The largest absolute Gasteiger partial charge is 0.0987 e. The average molecular weight is 171 g/mol. The lowest BCUT2D eigenvalue weighted by Crippen LogP contribution is -1.88. The first kappa shape index (κ1) is 5.83. The zero-order valence-corrected chi connectivity index (χ0v) is 6.06. The molecule has 0 amide bonds. The first-order chi connectivity index (χ1) is 3.84. The fourth-order valence-electron chi connectivity index (χ4n) is 0.648. The molecule has 1 rings (SSSR count). The van der Waals surface area contributed by atoms with E-state index in [9.17, 15) is 0 Å². The Kier molecular flexibility index (Phi) is 1.69. The van der Waals surface area contributed by atoms with Gasteiger partial charge in [0.25, 0.3) is 0 Å². The molecule has 0 aromatic rings. The van der Waals surface area contributed by atoms with Crippen LogP contribution in [0, 0.1) is 0 Å². The van der Waals surface area contributed by atoms with Crippen molar-refractivity contribution in [3.8, 4) is 0 Å². The van der Waals surface area contributed by atoms with Gasteiger partial charge < -0.3 is 0 Å². The highest BCUT2D eigenvalue weighted by Gasteiger charge is 2.05. The summed E-state index contributed by atoms with van der Waals surface area (Å²) in [6.45, 7) is 3.65. The quantitative estimate of drug-likeness (QED) is 0.531. The molecule has 0 saturated carbocycles. The predicted molar refractivity (Wildman–Crippen MR) is 40.1 cm³/mol. The second-order valence-electron chi connectivity index (χ2n) is 1.66. The Balaban J connectivity index is 2.72. The van der Waals surface area contributed by atoms with Crippen LogP contribution in [-0.2, 0) is 0 Å². The van der Waals surface area contributed by atoms with Crippen LogP contribution in [0.2, 0.25) is 0 Å². The van der Waals surface area contributed by atoms with Gasteiger partial charge >= 0.3 is 0 Å². The second-order valence-corrected chi connectivity index (χ2v) is 2.64. The Morgan fingerprint density at radius 2 is 2.50 bits per heavy atom. The van der Waals surface area contributed by atoms with Gasteiger partial charge in [0.1, 0.15) is 0 Å². The van der Waals surface area contributed by atoms with Crippen molar-refractivity contribution in [2.75, 3.05) is 0 Å². The van der Waals surface area contributed by atoms with E-state index < -0.39 is 0 Å². The highest BCUT2D eigenvalue weighted by atomic mass is 79.9. The van der Waals surface area contributed by atoms with Crippen molar-refractivity contribution in [2.24, 2.45) is 0 Å². The summed E-state index contributed by atoms with van der Waals surface area (Å²) >= 11 is 3.44. The van der Waals surface area contributed by atoms with Gasteiger partial charge in [0, 0.05) is 0 Å². The van der Waals surface area contributed by atoms with Crippen molar-refractivity contribution in [3.05, 3.63) is 36.5 Å². The summed E-state index contributed by atoms with van der Waals surface area (Å²) < 4.78 is 0. The minimum Gasteiger partial charge on any atom is -0.0987 e. The molecule has 0 aromatic heterocycles. The van der Waals surface area contributed by atoms with Crippen LogP contribution in [0.25, 0.3) is 0 Å². The van der Waals surface area contributed by atoms with Gasteiger partial charge in [-0.2, -0.15) is 0 Å². The fourth-order valence-corrected chi connectivity index (χ4v) is 1.16. The highest BCUT2D eigenvalue weighted by Crippen LogP contribution is 2.19. The first-order valence-electron chi connectivity index (χ1n) is 2.49. The summed E-state index contributed by atoms with van der Waals surface area (Å²) in [7, 11) is 0. The number of halogens is 1. The number of alkyl halides is 1. The molecule has 1 unspecified atom stereocenters. The molecule has 0 fully saturated rings. The third-order valence-corrected chi connectivity index (χ3v) is 1.96. The molecule has 0 aliphatic heterocycles. The summed E-state index contributed by atoms with van der Waals surface area (Å²) in [5.74, 6) is 0. The molecule has 0 nitrogen and oxygen atoms in total. The van der Waals surface area contributed by atoms with Gasteiger partial charge in [-0.3, -0.25) is 0 Å². The molecule has 1 aliphatic carbocycles. The summed E-state index contributed by atoms with van der Waals surface area (Å²) in [6, 6.07) is 0. The Labute approximate surface area is 57.7 Å². The van der Waals surface area contributed by atoms with E-state index in [4.69, 9.17) is 0 Å². The Bertz CT molecular complexity index is 154. The van der Waals surface area contributed by atoms with Gasteiger partial charge in [0.15, 0.2) is 0 Å². The molecule has 0 spiro atoms. The molecule has 1 atom stereocenters. The van der Waals surface area contributed by atoms with Gasteiger partial charge in [-0.1, -0.05) is 46.8 Å². The number of rotatable bonds is 1. The lowest BCUT2D eigenvalue weighted by Gasteiger charge is -1.96. The van der Waals surface area contributed by atoms with Gasteiger partial charge in [-0.15, -0.1) is 0 Å². The Hall–Kier alpha value is -0.300. The van der Waals surface area contributed by atoms with Crippen LogP contribution in [0.3, 0.4) is 0 Å². The number of allylic oxidation sites excluding steroid dienone is 5. The molecule has 42 valence electrons. The summed E-state index contributed by atoms with van der Waals surface area (Å²) in [5.41, 5.74) is 1.24. The zero-order chi connectivity index (χ0) is 5.98. The van der Waals surface area contributed by atoms with E-state index in [2.05, 4.69) is 28.6 Å². The van der Waals surface area contributed by atoms with Crippen molar-refractivity contribution in [1.82, 2.24) is 0 Å². The maximum atomic E-state index is 3.65. The Morgan fingerprint density at radius 1 is 1.75 bits per heavy atom. The number of hydrogen-bond donors (Lipinski definition) is 0. The van der Waals surface area contributed by atoms with Crippen molar-refractivity contribution >= 4 is 15.9 Å². The lowest BCUT2D eigenvalue weighted by molar-refractivity contribution is 1.39. The Morgan fingerprint density at radius 3 is 2.75 bits per heavy atom. The van der Waals surface area contributed by atoms with Gasteiger partial charge in [0.05, 0.1) is 4.83 Å². The van der Waals surface area contributed by atoms with E-state index in [1.54, 1.807) is 0 Å². The maximum Gasteiger partial charge on any atom is 0.0578 e. The van der Waals surface area contributed by atoms with E-state index in [0.29, 0.717) is 4.83 Å². The molecule has 8 heavy (non-hydrogen) atoms. The topological polar surface area (TPSA) is 0 Å². The molecule has 1 heteroatoms. The van der Waals surface area contributed by atoms with E-state index >= 15 is 0 Å². The van der Waals surface area contributed by atoms with E-state index in [-0.39, 0.29) is 0 Å². The molecule has 0 aromatic carbocycles. The average Bonchev–Trinajstić information content (AvgIpc) is 2.14. The molecule has 0 saturated heterocycles. The minimum atomic E-state index is 0.403. The van der Waals surface area contributed by atoms with Crippen LogP contribution < -0.4 is 0 Å². The normalized spacial score (nSPS) is 25.6. The standard InChI is InChI=1S/C7H7Br/c1-2-6-4-3-5-7(6)8/h2-5,7H,1H2. The van der Waals surface area contributed by atoms with Crippen molar-refractivity contribution in [3.63, 3.8) is 0 Å². The van der Waals surface area contributed by atoms with Gasteiger partial charge in [-0.05, 0) is 5.57 Å². The third-order valence-electron chi connectivity index (χ3n) is 1.12. The number of hydrogen-bond acceptors (Lipinski definition) is 0. The molecule has 0 bridgehead atoms. The first-order valence-corrected chi connectivity index (χ1v) is 3.41. The monoisotopic (exact) mass is 170 g/mol. The predicted octanol–water partition coefficient (Wildman–Crippen LogP) is 2.43. The SMILES string of the molecule is C=CC1=CC=CC1Br. The molecule has 0 N–H and O–H groups in total. The van der Waals surface area contributed by atoms with Crippen molar-refractivity contribution < 1.29 is 0 Å². The summed E-state index contributed by atoms with van der Waals surface area (Å²) in [4.78, 5) is 0.403. The van der Waals surface area contributed by atoms with Crippen LogP contribution in [0.5, 0.6) is 0 Å². The van der Waals surface area contributed by atoms with Crippen molar-refractivity contribution in [2.45, 2.75) is 4.83 Å². The molecular weight excluding hydrogens is 164 g/mol. The van der Waals surface area contributed by atoms with Gasteiger partial charge in [-0.25, -0.2) is 0 Å². The van der Waals surface area contributed by atoms with E-state index in [1.165, 1.54) is 5.57 Å². The summed E-state index contributed by atoms with van der Waals surface area (Å²) in [5, 5.41) is 0. The maximum absolute atomic E-state index is 3.65. The third kappa shape index (κ3) is 0.920. The molecular formula is C7H7Br. The van der Waals surface area contributed by atoms with Crippen LogP contribution >= 0.6 is 15.9 Å². The van der Waals surface area contributed by atoms with Crippen LogP contribution in [0.1, 0.15) is 0 Å². The molecule has 0 radical (unpaired) electrons.